The maximum Gasteiger partial charge on any atom is 0.287 e. The maximum atomic E-state index is 10.6. The van der Waals surface area contributed by atoms with E-state index in [9.17, 15) is 10.1 Å². The van der Waals surface area contributed by atoms with Gasteiger partial charge in [0, 0.05) is 25.2 Å². The van der Waals surface area contributed by atoms with Gasteiger partial charge in [0.05, 0.1) is 11.5 Å². The highest BCUT2D eigenvalue weighted by Crippen LogP contribution is 2.17. The smallest absolute Gasteiger partial charge is 0.287 e. The zero-order valence-corrected chi connectivity index (χ0v) is 10.7. The minimum Gasteiger partial charge on any atom is -0.395 e. The Bertz CT molecular complexity index is 417. The Labute approximate surface area is 111 Å². The lowest BCUT2D eigenvalue weighted by Gasteiger charge is -2.26. The highest BCUT2D eigenvalue weighted by molar-refractivity contribution is 5.43. The summed E-state index contributed by atoms with van der Waals surface area (Å²) in [7, 11) is 0. The van der Waals surface area contributed by atoms with Crippen LogP contribution >= 0.6 is 0 Å². The van der Waals surface area contributed by atoms with Crippen molar-refractivity contribution in [1.29, 1.82) is 0 Å². The third-order valence-electron chi connectivity index (χ3n) is 3.24. The molecule has 2 N–H and O–H groups in total. The molecule has 0 bridgehead atoms. The Balaban J connectivity index is 2.06. The van der Waals surface area contributed by atoms with Crippen molar-refractivity contribution >= 4 is 11.5 Å². The number of nitrogens with zero attached hydrogens (tertiary/aromatic N) is 3. The van der Waals surface area contributed by atoms with Crippen molar-refractivity contribution < 1.29 is 10.0 Å². The van der Waals surface area contributed by atoms with Gasteiger partial charge in [-0.3, -0.25) is 10.1 Å². The molecule has 0 aliphatic carbocycles. The molecule has 7 nitrogen and oxygen atoms in total. The van der Waals surface area contributed by atoms with Crippen LogP contribution in [0.25, 0.3) is 0 Å². The number of aliphatic hydroxyl groups is 1. The fraction of sp³-hybridized carbons (Fsp3) is 0.583. The van der Waals surface area contributed by atoms with Crippen LogP contribution in [0, 0.1) is 10.1 Å². The zero-order chi connectivity index (χ0) is 13.7. The number of hydrogen-bond donors (Lipinski definition) is 2. The van der Waals surface area contributed by atoms with Gasteiger partial charge in [-0.1, -0.05) is 0 Å². The number of nitrogens with one attached hydrogen (secondary N) is 1. The van der Waals surface area contributed by atoms with E-state index in [4.69, 9.17) is 5.11 Å². The molecule has 1 aliphatic rings. The summed E-state index contributed by atoms with van der Waals surface area (Å²) in [5, 5.41) is 23.1. The van der Waals surface area contributed by atoms with Crippen LogP contribution in [0.4, 0.5) is 11.5 Å². The summed E-state index contributed by atoms with van der Waals surface area (Å²) in [6.07, 6.45) is 3.52. The van der Waals surface area contributed by atoms with Crippen molar-refractivity contribution in [3.63, 3.8) is 0 Å². The van der Waals surface area contributed by atoms with Crippen molar-refractivity contribution in [2.24, 2.45) is 0 Å². The molecule has 1 fully saturated rings. The van der Waals surface area contributed by atoms with Gasteiger partial charge < -0.3 is 15.3 Å². The number of rotatable bonds is 6. The molecule has 0 aromatic carbocycles. The first-order valence-electron chi connectivity index (χ1n) is 6.40. The van der Waals surface area contributed by atoms with Crippen molar-refractivity contribution in [2.45, 2.75) is 18.9 Å². The van der Waals surface area contributed by atoms with Crippen LogP contribution in [-0.4, -0.2) is 47.3 Å². The Morgan fingerprint density at radius 2 is 2.42 bits per heavy atom. The maximum absolute atomic E-state index is 10.6. The Hall–Kier alpha value is -1.73. The average molecular weight is 266 g/mol. The van der Waals surface area contributed by atoms with Gasteiger partial charge in [0.15, 0.2) is 0 Å². The fourth-order valence-electron chi connectivity index (χ4n) is 2.27. The third kappa shape index (κ3) is 3.62. The lowest BCUT2D eigenvalue weighted by molar-refractivity contribution is -0.385. The van der Waals surface area contributed by atoms with E-state index in [2.05, 4.69) is 10.3 Å². The highest BCUT2D eigenvalue weighted by Gasteiger charge is 2.19. The molecule has 2 rings (SSSR count). The number of nitro groups is 1. The van der Waals surface area contributed by atoms with Gasteiger partial charge in [-0.15, -0.1) is 0 Å². The second-order valence-corrected chi connectivity index (χ2v) is 4.59. The first-order valence-corrected chi connectivity index (χ1v) is 6.40. The highest BCUT2D eigenvalue weighted by atomic mass is 16.6. The van der Waals surface area contributed by atoms with E-state index in [-0.39, 0.29) is 12.3 Å². The molecule has 7 heteroatoms. The molecule has 1 atom stereocenters. The topological polar surface area (TPSA) is 91.5 Å². The van der Waals surface area contributed by atoms with Crippen molar-refractivity contribution in [2.75, 3.05) is 31.1 Å². The lowest BCUT2D eigenvalue weighted by atomic mass is 10.2. The number of aliphatic hydroxyl groups excluding tert-OH is 1. The average Bonchev–Trinajstić information content (AvgIpc) is 2.91. The van der Waals surface area contributed by atoms with Crippen LogP contribution in [0.1, 0.15) is 12.8 Å². The summed E-state index contributed by atoms with van der Waals surface area (Å²) in [5.74, 6) is 0.661. The van der Waals surface area contributed by atoms with Crippen molar-refractivity contribution in [1.82, 2.24) is 10.3 Å². The zero-order valence-electron chi connectivity index (χ0n) is 10.7. The van der Waals surface area contributed by atoms with Crippen LogP contribution in [0.2, 0.25) is 0 Å². The van der Waals surface area contributed by atoms with Gasteiger partial charge >= 0.3 is 0 Å². The summed E-state index contributed by atoms with van der Waals surface area (Å²) >= 11 is 0. The van der Waals surface area contributed by atoms with Gasteiger partial charge in [0.1, 0.15) is 12.0 Å². The van der Waals surface area contributed by atoms with Gasteiger partial charge in [-0.25, -0.2) is 4.98 Å². The number of pyridine rings is 1. The van der Waals surface area contributed by atoms with Gasteiger partial charge in [0.2, 0.25) is 0 Å². The minimum atomic E-state index is -0.467. The van der Waals surface area contributed by atoms with Crippen LogP contribution in [0.3, 0.4) is 0 Å². The van der Waals surface area contributed by atoms with E-state index in [0.717, 1.165) is 25.9 Å². The summed E-state index contributed by atoms with van der Waals surface area (Å²) in [6, 6.07) is 3.46. The molecule has 1 aromatic heterocycles. The van der Waals surface area contributed by atoms with Gasteiger partial charge in [-0.2, -0.15) is 0 Å². The van der Waals surface area contributed by atoms with Crippen molar-refractivity contribution in [3.8, 4) is 0 Å². The summed E-state index contributed by atoms with van der Waals surface area (Å²) < 4.78 is 0. The molecule has 2 heterocycles. The van der Waals surface area contributed by atoms with Crippen LogP contribution < -0.4 is 10.2 Å². The molecule has 0 radical (unpaired) electrons. The van der Waals surface area contributed by atoms with E-state index in [1.807, 2.05) is 4.90 Å². The predicted molar refractivity (Wildman–Crippen MR) is 71.2 cm³/mol. The summed E-state index contributed by atoms with van der Waals surface area (Å²) in [4.78, 5) is 16.2. The van der Waals surface area contributed by atoms with E-state index < -0.39 is 4.92 Å². The third-order valence-corrected chi connectivity index (χ3v) is 3.24. The molecule has 1 saturated heterocycles. The first kappa shape index (κ1) is 13.7. The quantitative estimate of drug-likeness (QED) is 0.577. The van der Waals surface area contributed by atoms with Crippen LogP contribution in [0.5, 0.6) is 0 Å². The van der Waals surface area contributed by atoms with Crippen LogP contribution in [0.15, 0.2) is 18.3 Å². The molecule has 1 aliphatic heterocycles. The second kappa shape index (κ2) is 6.44. The van der Waals surface area contributed by atoms with Gasteiger partial charge in [-0.05, 0) is 25.5 Å². The first-order chi connectivity index (χ1) is 9.20. The molecule has 1 unspecified atom stereocenters. The van der Waals surface area contributed by atoms with E-state index in [0.29, 0.717) is 18.4 Å². The number of anilines is 1. The minimum absolute atomic E-state index is 0.0216. The molecule has 19 heavy (non-hydrogen) atoms. The Morgan fingerprint density at radius 3 is 2.95 bits per heavy atom. The monoisotopic (exact) mass is 266 g/mol. The predicted octanol–water partition coefficient (Wildman–Crippen LogP) is 0.540. The molecular weight excluding hydrogens is 248 g/mol. The summed E-state index contributed by atoms with van der Waals surface area (Å²) in [5.41, 5.74) is -0.0216. The van der Waals surface area contributed by atoms with Crippen molar-refractivity contribution in [3.05, 3.63) is 28.4 Å². The molecule has 1 aromatic rings. The molecule has 104 valence electrons. The van der Waals surface area contributed by atoms with Gasteiger partial charge in [0.25, 0.3) is 5.69 Å². The van der Waals surface area contributed by atoms with E-state index in [1.54, 1.807) is 6.07 Å². The second-order valence-electron chi connectivity index (χ2n) is 4.59. The van der Waals surface area contributed by atoms with E-state index in [1.165, 1.54) is 12.3 Å². The molecular formula is C12H18N4O3. The standard InChI is InChI=1S/C12H18N4O3/c17-7-6-15(9-10-2-1-5-13-10)12-4-3-11(8-14-12)16(18)19/h3-4,8,10,13,17H,1-2,5-7,9H2. The lowest BCUT2D eigenvalue weighted by Crippen LogP contribution is -2.39. The molecule has 0 spiro atoms. The largest absolute Gasteiger partial charge is 0.395 e. The van der Waals surface area contributed by atoms with Crippen LogP contribution in [-0.2, 0) is 0 Å². The Kier molecular flexibility index (Phi) is 4.64. The fourth-order valence-corrected chi connectivity index (χ4v) is 2.27. The SMILES string of the molecule is O=[N+]([O-])c1ccc(N(CCO)CC2CCCN2)nc1. The normalized spacial score (nSPS) is 18.5. The molecule has 0 saturated carbocycles. The van der Waals surface area contributed by atoms with E-state index >= 15 is 0 Å². The molecule has 0 amide bonds. The Morgan fingerprint density at radius 1 is 1.58 bits per heavy atom. The number of aromatic nitrogens is 1. The summed E-state index contributed by atoms with van der Waals surface area (Å²) in [6.45, 7) is 2.28. The number of hydrogen-bond acceptors (Lipinski definition) is 6.